The van der Waals surface area contributed by atoms with E-state index in [4.69, 9.17) is 5.73 Å². The van der Waals surface area contributed by atoms with Crippen molar-refractivity contribution in [1.82, 2.24) is 9.97 Å². The highest BCUT2D eigenvalue weighted by atomic mass is 19.1. The summed E-state index contributed by atoms with van der Waals surface area (Å²) in [4.78, 5) is 9.89. The second-order valence-corrected chi connectivity index (χ2v) is 3.93. The van der Waals surface area contributed by atoms with Crippen molar-refractivity contribution in [2.75, 3.05) is 17.2 Å². The summed E-state index contributed by atoms with van der Waals surface area (Å²) in [7, 11) is 0. The molecule has 0 atom stereocenters. The van der Waals surface area contributed by atoms with Gasteiger partial charge in [-0.05, 0) is 26.0 Å². The number of nitrogens with zero attached hydrogens (tertiary/aromatic N) is 3. The molecule has 2 rings (SSSR count). The van der Waals surface area contributed by atoms with Gasteiger partial charge in [-0.15, -0.1) is 0 Å². The minimum Gasteiger partial charge on any atom is -0.368 e. The minimum atomic E-state index is -0.282. The first-order valence-electron chi connectivity index (χ1n) is 5.74. The highest BCUT2D eigenvalue weighted by molar-refractivity contribution is 5.63. The van der Waals surface area contributed by atoms with E-state index in [0.29, 0.717) is 18.1 Å². The Morgan fingerprint density at radius 2 is 2.06 bits per heavy atom. The molecule has 18 heavy (non-hydrogen) atoms. The fourth-order valence-corrected chi connectivity index (χ4v) is 1.82. The molecule has 0 saturated heterocycles. The summed E-state index contributed by atoms with van der Waals surface area (Å²) in [6.45, 7) is 4.40. The van der Waals surface area contributed by atoms with Crippen molar-refractivity contribution in [2.45, 2.75) is 13.8 Å². The summed E-state index contributed by atoms with van der Waals surface area (Å²) in [5.74, 6) is 0.538. The van der Waals surface area contributed by atoms with Gasteiger partial charge in [-0.3, -0.25) is 0 Å². The predicted octanol–water partition coefficient (Wildman–Crippen LogP) is 2.66. The van der Waals surface area contributed by atoms with Gasteiger partial charge < -0.3 is 10.6 Å². The van der Waals surface area contributed by atoms with Crippen molar-refractivity contribution >= 4 is 17.5 Å². The normalized spacial score (nSPS) is 10.4. The maximum atomic E-state index is 13.8. The smallest absolute Gasteiger partial charge is 0.221 e. The quantitative estimate of drug-likeness (QED) is 0.904. The van der Waals surface area contributed by atoms with Crippen LogP contribution in [0.3, 0.4) is 0 Å². The van der Waals surface area contributed by atoms with E-state index in [2.05, 4.69) is 9.97 Å². The van der Waals surface area contributed by atoms with E-state index >= 15 is 0 Å². The first-order chi connectivity index (χ1) is 8.63. The van der Waals surface area contributed by atoms with Crippen LogP contribution < -0.4 is 10.6 Å². The third-order valence-electron chi connectivity index (χ3n) is 2.68. The number of nitrogens with two attached hydrogens (primary N) is 1. The number of anilines is 3. The molecule has 94 valence electrons. The molecule has 0 bridgehead atoms. The molecule has 1 aromatic carbocycles. The van der Waals surface area contributed by atoms with Gasteiger partial charge in [-0.25, -0.2) is 9.37 Å². The average molecular weight is 246 g/mol. The predicted molar refractivity (Wildman–Crippen MR) is 70.3 cm³/mol. The lowest BCUT2D eigenvalue weighted by Gasteiger charge is -2.24. The molecule has 5 heteroatoms. The van der Waals surface area contributed by atoms with Crippen LogP contribution in [0.2, 0.25) is 0 Å². The van der Waals surface area contributed by atoms with E-state index in [-0.39, 0.29) is 11.8 Å². The van der Waals surface area contributed by atoms with Crippen molar-refractivity contribution in [3.63, 3.8) is 0 Å². The van der Waals surface area contributed by atoms with Gasteiger partial charge in [0.15, 0.2) is 0 Å². The van der Waals surface area contributed by atoms with Crippen molar-refractivity contribution in [1.29, 1.82) is 0 Å². The number of para-hydroxylation sites is 1. The number of rotatable bonds is 3. The van der Waals surface area contributed by atoms with Crippen molar-refractivity contribution in [3.05, 3.63) is 41.8 Å². The average Bonchev–Trinajstić information content (AvgIpc) is 2.36. The zero-order chi connectivity index (χ0) is 13.1. The molecule has 0 spiro atoms. The van der Waals surface area contributed by atoms with Gasteiger partial charge in [0.25, 0.3) is 0 Å². The highest BCUT2D eigenvalue weighted by Crippen LogP contribution is 2.28. The molecule has 2 aromatic rings. The molecule has 2 N–H and O–H groups in total. The summed E-state index contributed by atoms with van der Waals surface area (Å²) in [6.07, 6.45) is 1.64. The van der Waals surface area contributed by atoms with Crippen LogP contribution >= 0.6 is 0 Å². The van der Waals surface area contributed by atoms with Gasteiger partial charge in [0, 0.05) is 18.3 Å². The number of nitrogen functional groups attached to an aromatic ring is 1. The van der Waals surface area contributed by atoms with Crippen LogP contribution in [0.4, 0.5) is 21.8 Å². The third kappa shape index (κ3) is 2.25. The van der Waals surface area contributed by atoms with E-state index in [1.54, 1.807) is 29.3 Å². The summed E-state index contributed by atoms with van der Waals surface area (Å²) in [5, 5.41) is 0. The molecule has 0 unspecified atom stereocenters. The molecule has 0 amide bonds. The van der Waals surface area contributed by atoms with Crippen LogP contribution in [0.25, 0.3) is 0 Å². The topological polar surface area (TPSA) is 55.0 Å². The number of hydrogen-bond acceptors (Lipinski definition) is 4. The van der Waals surface area contributed by atoms with E-state index in [1.165, 1.54) is 6.07 Å². The second-order valence-electron chi connectivity index (χ2n) is 3.93. The second kappa shape index (κ2) is 5.00. The fraction of sp³-hybridized carbons (Fsp3) is 0.231. The molecule has 0 saturated carbocycles. The Kier molecular flexibility index (Phi) is 3.41. The van der Waals surface area contributed by atoms with Gasteiger partial charge in [-0.1, -0.05) is 12.1 Å². The molecule has 0 fully saturated rings. The van der Waals surface area contributed by atoms with Crippen LogP contribution in [0.1, 0.15) is 12.5 Å². The Balaban J connectivity index is 2.52. The molecule has 0 radical (unpaired) electrons. The van der Waals surface area contributed by atoms with Gasteiger partial charge in [-0.2, -0.15) is 4.98 Å². The number of aromatic nitrogens is 2. The van der Waals surface area contributed by atoms with Gasteiger partial charge in [0.1, 0.15) is 11.6 Å². The Morgan fingerprint density at radius 3 is 2.72 bits per heavy atom. The molecular weight excluding hydrogens is 231 g/mol. The molecular formula is C13H15FN4. The molecule has 0 aliphatic rings. The van der Waals surface area contributed by atoms with E-state index in [9.17, 15) is 4.39 Å². The molecule has 1 heterocycles. The highest BCUT2D eigenvalue weighted by Gasteiger charge is 2.15. The Labute approximate surface area is 105 Å². The van der Waals surface area contributed by atoms with E-state index < -0.39 is 0 Å². The number of halogens is 1. The first-order valence-corrected chi connectivity index (χ1v) is 5.74. The third-order valence-corrected chi connectivity index (χ3v) is 2.68. The zero-order valence-electron chi connectivity index (χ0n) is 10.4. The van der Waals surface area contributed by atoms with Gasteiger partial charge in [0.2, 0.25) is 5.95 Å². The summed E-state index contributed by atoms with van der Waals surface area (Å²) in [5.41, 5.74) is 6.94. The molecule has 0 aliphatic heterocycles. The van der Waals surface area contributed by atoms with Gasteiger partial charge in [0.05, 0.1) is 5.69 Å². The SMILES string of the molecule is CCN(c1ccccc1F)c1nc(N)ncc1C. The number of aryl methyl sites for hydroxylation is 1. The van der Waals surface area contributed by atoms with Crippen LogP contribution in [-0.4, -0.2) is 16.5 Å². The van der Waals surface area contributed by atoms with Crippen LogP contribution in [0, 0.1) is 12.7 Å². The van der Waals surface area contributed by atoms with E-state index in [0.717, 1.165) is 5.56 Å². The van der Waals surface area contributed by atoms with Crippen molar-refractivity contribution in [3.8, 4) is 0 Å². The summed E-state index contributed by atoms with van der Waals surface area (Å²) in [6, 6.07) is 6.60. The Hall–Kier alpha value is -2.17. The van der Waals surface area contributed by atoms with Crippen molar-refractivity contribution in [2.24, 2.45) is 0 Å². The Bertz CT molecular complexity index is 556. The molecule has 4 nitrogen and oxygen atoms in total. The molecule has 0 aliphatic carbocycles. The summed E-state index contributed by atoms with van der Waals surface area (Å²) < 4.78 is 13.8. The number of benzene rings is 1. The largest absolute Gasteiger partial charge is 0.368 e. The lowest BCUT2D eigenvalue weighted by molar-refractivity contribution is 0.625. The van der Waals surface area contributed by atoms with Crippen LogP contribution in [0.15, 0.2) is 30.5 Å². The van der Waals surface area contributed by atoms with Crippen molar-refractivity contribution < 1.29 is 4.39 Å². The maximum absolute atomic E-state index is 13.8. The lowest BCUT2D eigenvalue weighted by atomic mass is 10.2. The van der Waals surface area contributed by atoms with Gasteiger partial charge >= 0.3 is 0 Å². The van der Waals surface area contributed by atoms with Crippen LogP contribution in [0.5, 0.6) is 0 Å². The monoisotopic (exact) mass is 246 g/mol. The maximum Gasteiger partial charge on any atom is 0.221 e. The molecule has 1 aromatic heterocycles. The summed E-state index contributed by atoms with van der Waals surface area (Å²) >= 11 is 0. The number of hydrogen-bond donors (Lipinski definition) is 1. The minimum absolute atomic E-state index is 0.186. The standard InChI is InChI=1S/C13H15FN4/c1-3-18(11-7-5-4-6-10(11)14)12-9(2)8-16-13(15)17-12/h4-8H,3H2,1-2H3,(H2,15,16,17). The van der Waals surface area contributed by atoms with E-state index in [1.807, 2.05) is 13.8 Å². The zero-order valence-corrected chi connectivity index (χ0v) is 10.4. The Morgan fingerprint density at radius 1 is 1.33 bits per heavy atom. The first kappa shape index (κ1) is 12.3. The van der Waals surface area contributed by atoms with Crippen LogP contribution in [-0.2, 0) is 0 Å². The fourth-order valence-electron chi connectivity index (χ4n) is 1.82. The lowest BCUT2D eigenvalue weighted by Crippen LogP contribution is -2.20.